The van der Waals surface area contributed by atoms with Crippen LogP contribution in [0.15, 0.2) is 54.7 Å². The lowest BCUT2D eigenvalue weighted by Crippen LogP contribution is -2.09. The Balaban J connectivity index is 1.89. The first kappa shape index (κ1) is 13.1. The molecule has 3 heteroatoms. The molecule has 0 aliphatic carbocycles. The number of ketones is 1. The molecular weight excluding hydrogens is 260 g/mol. The molecule has 0 aliphatic rings. The van der Waals surface area contributed by atoms with Crippen LogP contribution in [-0.4, -0.2) is 10.4 Å². The van der Waals surface area contributed by atoms with E-state index in [-0.39, 0.29) is 5.78 Å². The molecule has 0 aliphatic heterocycles. The Morgan fingerprint density at radius 3 is 2.62 bits per heavy atom. The maximum absolute atomic E-state index is 12.3. The van der Waals surface area contributed by atoms with Crippen molar-refractivity contribution in [2.45, 2.75) is 13.5 Å². The zero-order chi connectivity index (χ0) is 14.8. The minimum atomic E-state index is 0.0403. The van der Waals surface area contributed by atoms with E-state index in [9.17, 15) is 4.79 Å². The van der Waals surface area contributed by atoms with Crippen LogP contribution in [0.5, 0.6) is 0 Å². The standard InChI is InChI=1S/C18H14N2O/c1-13-2-5-15-8-9-20(17(15)10-13)12-18(21)16-6-3-14(11-19)4-7-16/h2-10H,12H2,1H3. The number of aromatic nitrogens is 1. The lowest BCUT2D eigenvalue weighted by atomic mass is 10.1. The van der Waals surface area contributed by atoms with Gasteiger partial charge in [0.05, 0.1) is 18.2 Å². The summed E-state index contributed by atoms with van der Waals surface area (Å²) in [7, 11) is 0. The number of hydrogen-bond acceptors (Lipinski definition) is 2. The molecule has 0 saturated heterocycles. The van der Waals surface area contributed by atoms with E-state index in [1.807, 2.05) is 23.8 Å². The minimum absolute atomic E-state index is 0.0403. The number of rotatable bonds is 3. The predicted octanol–water partition coefficient (Wildman–Crippen LogP) is 3.70. The number of hydrogen-bond donors (Lipinski definition) is 0. The summed E-state index contributed by atoms with van der Waals surface area (Å²) >= 11 is 0. The maximum Gasteiger partial charge on any atom is 0.182 e. The van der Waals surface area contributed by atoms with Crippen LogP contribution in [0.2, 0.25) is 0 Å². The molecule has 3 aromatic rings. The van der Waals surface area contributed by atoms with E-state index in [4.69, 9.17) is 5.26 Å². The van der Waals surface area contributed by atoms with Crippen molar-refractivity contribution >= 4 is 16.7 Å². The summed E-state index contributed by atoms with van der Waals surface area (Å²) in [5.74, 6) is 0.0403. The first-order valence-electron chi connectivity index (χ1n) is 6.76. The van der Waals surface area contributed by atoms with E-state index < -0.39 is 0 Å². The van der Waals surface area contributed by atoms with Gasteiger partial charge in [0.2, 0.25) is 0 Å². The van der Waals surface area contributed by atoms with Gasteiger partial charge in [-0.3, -0.25) is 4.79 Å². The van der Waals surface area contributed by atoms with Gasteiger partial charge in [-0.15, -0.1) is 0 Å². The smallest absolute Gasteiger partial charge is 0.182 e. The summed E-state index contributed by atoms with van der Waals surface area (Å²) in [6.07, 6.45) is 1.94. The number of Topliss-reactive ketones (excluding diaryl/α,β-unsaturated/α-hetero) is 1. The second-order valence-corrected chi connectivity index (χ2v) is 5.12. The Labute approximate surface area is 123 Å². The van der Waals surface area contributed by atoms with E-state index >= 15 is 0 Å². The SMILES string of the molecule is Cc1ccc2ccn(CC(=O)c3ccc(C#N)cc3)c2c1. The van der Waals surface area contributed by atoms with Crippen LogP contribution in [0, 0.1) is 18.3 Å². The van der Waals surface area contributed by atoms with Crippen molar-refractivity contribution in [2.75, 3.05) is 0 Å². The topological polar surface area (TPSA) is 45.8 Å². The third-order valence-electron chi connectivity index (χ3n) is 3.58. The summed E-state index contributed by atoms with van der Waals surface area (Å²) in [4.78, 5) is 12.3. The fourth-order valence-electron chi connectivity index (χ4n) is 2.41. The van der Waals surface area contributed by atoms with Gasteiger partial charge in [-0.25, -0.2) is 0 Å². The Kier molecular flexibility index (Phi) is 3.29. The average molecular weight is 274 g/mol. The lowest BCUT2D eigenvalue weighted by molar-refractivity contribution is 0.0973. The molecule has 3 nitrogen and oxygen atoms in total. The van der Waals surface area contributed by atoms with Crippen molar-refractivity contribution in [1.82, 2.24) is 4.57 Å². The first-order chi connectivity index (χ1) is 10.2. The summed E-state index contributed by atoms with van der Waals surface area (Å²) in [6.45, 7) is 2.35. The van der Waals surface area contributed by atoms with Crippen molar-refractivity contribution < 1.29 is 4.79 Å². The van der Waals surface area contributed by atoms with Gasteiger partial charge >= 0.3 is 0 Å². The predicted molar refractivity (Wildman–Crippen MR) is 82.2 cm³/mol. The normalized spacial score (nSPS) is 10.5. The van der Waals surface area contributed by atoms with Crippen molar-refractivity contribution in [3.05, 3.63) is 71.4 Å². The van der Waals surface area contributed by atoms with Gasteiger partial charge in [0.25, 0.3) is 0 Å². The molecule has 0 atom stereocenters. The molecular formula is C18H14N2O. The van der Waals surface area contributed by atoms with Gasteiger partial charge < -0.3 is 4.57 Å². The van der Waals surface area contributed by atoms with Crippen LogP contribution in [0.3, 0.4) is 0 Å². The van der Waals surface area contributed by atoms with Crippen LogP contribution in [0.4, 0.5) is 0 Å². The molecule has 0 radical (unpaired) electrons. The molecule has 1 aromatic heterocycles. The van der Waals surface area contributed by atoms with Crippen LogP contribution in [0.25, 0.3) is 10.9 Å². The quantitative estimate of drug-likeness (QED) is 0.683. The molecule has 3 rings (SSSR count). The number of nitriles is 1. The van der Waals surface area contributed by atoms with Crippen molar-refractivity contribution in [3.63, 3.8) is 0 Å². The van der Waals surface area contributed by atoms with Gasteiger partial charge in [-0.05, 0) is 42.1 Å². The van der Waals surface area contributed by atoms with E-state index in [0.29, 0.717) is 17.7 Å². The number of carbonyl (C=O) groups excluding carboxylic acids is 1. The molecule has 0 unspecified atom stereocenters. The third-order valence-corrected chi connectivity index (χ3v) is 3.58. The highest BCUT2D eigenvalue weighted by molar-refractivity contribution is 5.97. The van der Waals surface area contributed by atoms with E-state index in [0.717, 1.165) is 10.9 Å². The van der Waals surface area contributed by atoms with E-state index in [1.165, 1.54) is 5.56 Å². The van der Waals surface area contributed by atoms with Gasteiger partial charge in [-0.1, -0.05) is 24.3 Å². The van der Waals surface area contributed by atoms with Crippen LogP contribution >= 0.6 is 0 Å². The zero-order valence-corrected chi connectivity index (χ0v) is 11.7. The van der Waals surface area contributed by atoms with E-state index in [2.05, 4.69) is 24.3 Å². The lowest BCUT2D eigenvalue weighted by Gasteiger charge is -2.06. The molecule has 21 heavy (non-hydrogen) atoms. The van der Waals surface area contributed by atoms with Crippen molar-refractivity contribution in [3.8, 4) is 6.07 Å². The number of carbonyl (C=O) groups is 1. The molecule has 0 N–H and O–H groups in total. The summed E-state index contributed by atoms with van der Waals surface area (Å²) in [5, 5.41) is 9.91. The fourth-order valence-corrected chi connectivity index (χ4v) is 2.41. The van der Waals surface area contributed by atoms with Crippen LogP contribution in [0.1, 0.15) is 21.5 Å². The van der Waals surface area contributed by atoms with Crippen molar-refractivity contribution in [2.24, 2.45) is 0 Å². The highest BCUT2D eigenvalue weighted by Crippen LogP contribution is 2.18. The van der Waals surface area contributed by atoms with Gasteiger partial charge in [0.1, 0.15) is 0 Å². The monoisotopic (exact) mass is 274 g/mol. The molecule has 1 heterocycles. The zero-order valence-electron chi connectivity index (χ0n) is 11.7. The largest absolute Gasteiger partial charge is 0.340 e. The number of fused-ring (bicyclic) bond motifs is 1. The third kappa shape index (κ3) is 2.56. The van der Waals surface area contributed by atoms with Gasteiger partial charge in [0, 0.05) is 17.3 Å². The first-order valence-corrected chi connectivity index (χ1v) is 6.76. The average Bonchev–Trinajstić information content (AvgIpc) is 2.89. The maximum atomic E-state index is 12.3. The van der Waals surface area contributed by atoms with Crippen LogP contribution in [-0.2, 0) is 6.54 Å². The molecule has 2 aromatic carbocycles. The second-order valence-electron chi connectivity index (χ2n) is 5.12. The Morgan fingerprint density at radius 2 is 1.90 bits per heavy atom. The Morgan fingerprint density at radius 1 is 1.14 bits per heavy atom. The number of benzene rings is 2. The minimum Gasteiger partial charge on any atom is -0.340 e. The second kappa shape index (κ2) is 5.26. The van der Waals surface area contributed by atoms with Crippen molar-refractivity contribution in [1.29, 1.82) is 5.26 Å². The number of nitrogens with zero attached hydrogens (tertiary/aromatic N) is 2. The molecule has 0 bridgehead atoms. The summed E-state index contributed by atoms with van der Waals surface area (Å²) in [6, 6.07) is 17.0. The Bertz CT molecular complexity index is 851. The van der Waals surface area contributed by atoms with Gasteiger partial charge in [-0.2, -0.15) is 5.26 Å². The molecule has 0 saturated carbocycles. The Hall–Kier alpha value is -2.86. The molecule has 0 fully saturated rings. The highest BCUT2D eigenvalue weighted by Gasteiger charge is 2.09. The molecule has 0 amide bonds. The fraction of sp³-hybridized carbons (Fsp3) is 0.111. The molecule has 102 valence electrons. The highest BCUT2D eigenvalue weighted by atomic mass is 16.1. The van der Waals surface area contributed by atoms with Crippen LogP contribution < -0.4 is 0 Å². The van der Waals surface area contributed by atoms with Gasteiger partial charge in [0.15, 0.2) is 5.78 Å². The summed E-state index contributed by atoms with van der Waals surface area (Å²) in [5.41, 5.74) is 3.43. The molecule has 0 spiro atoms. The summed E-state index contributed by atoms with van der Waals surface area (Å²) < 4.78 is 1.96. The number of aryl methyl sites for hydroxylation is 1. The van der Waals surface area contributed by atoms with E-state index in [1.54, 1.807) is 24.3 Å².